The van der Waals surface area contributed by atoms with Gasteiger partial charge in [0.15, 0.2) is 0 Å². The number of hydrogen-bond acceptors (Lipinski definition) is 5. The molecule has 1 aliphatic rings. The molecule has 27 heavy (non-hydrogen) atoms. The van der Waals surface area contributed by atoms with Crippen molar-refractivity contribution in [2.24, 2.45) is 5.92 Å². The molecule has 2 aromatic heterocycles. The van der Waals surface area contributed by atoms with Gasteiger partial charge < -0.3 is 9.15 Å². The molecule has 1 aromatic carbocycles. The van der Waals surface area contributed by atoms with Gasteiger partial charge in [-0.1, -0.05) is 12.1 Å². The molecule has 0 amide bonds. The van der Waals surface area contributed by atoms with E-state index in [0.717, 1.165) is 54.9 Å². The Morgan fingerprint density at radius 3 is 3.04 bits per heavy atom. The van der Waals surface area contributed by atoms with E-state index >= 15 is 0 Å². The van der Waals surface area contributed by atoms with Crippen LogP contribution in [0, 0.1) is 19.8 Å². The Morgan fingerprint density at radius 2 is 2.22 bits per heavy atom. The molecule has 1 atom stereocenters. The molecule has 3 heterocycles. The second-order valence-electron chi connectivity index (χ2n) is 7.40. The molecule has 4 rings (SSSR count). The third kappa shape index (κ3) is 4.60. The molecular weight excluding hydrogens is 356 g/mol. The smallest absolute Gasteiger partial charge is 0.227 e. The number of likely N-dealkylation sites (tertiary alicyclic amines) is 1. The summed E-state index contributed by atoms with van der Waals surface area (Å²) in [6.07, 6.45) is 2.43. The summed E-state index contributed by atoms with van der Waals surface area (Å²) < 4.78 is 11.9. The third-order valence-corrected chi connectivity index (χ3v) is 5.80. The van der Waals surface area contributed by atoms with Crippen LogP contribution in [0.25, 0.3) is 11.5 Å². The fourth-order valence-corrected chi connectivity index (χ4v) is 4.28. The summed E-state index contributed by atoms with van der Waals surface area (Å²) >= 11 is 1.67. The summed E-state index contributed by atoms with van der Waals surface area (Å²) in [6.45, 7) is 7.89. The van der Waals surface area contributed by atoms with Crippen LogP contribution in [-0.4, -0.2) is 29.6 Å². The van der Waals surface area contributed by atoms with Gasteiger partial charge in [0.2, 0.25) is 5.89 Å². The van der Waals surface area contributed by atoms with Crippen molar-refractivity contribution in [3.8, 4) is 17.2 Å². The van der Waals surface area contributed by atoms with Gasteiger partial charge in [-0.2, -0.15) is 11.3 Å². The van der Waals surface area contributed by atoms with Crippen LogP contribution in [0.3, 0.4) is 0 Å². The first-order valence-corrected chi connectivity index (χ1v) is 10.5. The number of aryl methyl sites for hydroxylation is 2. The summed E-state index contributed by atoms with van der Waals surface area (Å²) in [7, 11) is 0. The van der Waals surface area contributed by atoms with Crippen LogP contribution < -0.4 is 4.74 Å². The van der Waals surface area contributed by atoms with Crippen molar-refractivity contribution >= 4 is 11.3 Å². The molecule has 0 saturated carbocycles. The molecule has 1 fully saturated rings. The van der Waals surface area contributed by atoms with E-state index in [0.29, 0.717) is 5.92 Å². The number of nitrogens with zero attached hydrogens (tertiary/aromatic N) is 2. The van der Waals surface area contributed by atoms with E-state index in [1.165, 1.54) is 18.4 Å². The first-order valence-electron chi connectivity index (χ1n) is 9.58. The second-order valence-corrected chi connectivity index (χ2v) is 8.18. The van der Waals surface area contributed by atoms with E-state index in [1.54, 1.807) is 11.3 Å². The minimum Gasteiger partial charge on any atom is -0.493 e. The Hall–Kier alpha value is -2.11. The van der Waals surface area contributed by atoms with Gasteiger partial charge in [0, 0.05) is 30.0 Å². The Morgan fingerprint density at radius 1 is 1.30 bits per heavy atom. The van der Waals surface area contributed by atoms with Gasteiger partial charge in [0.05, 0.1) is 12.3 Å². The van der Waals surface area contributed by atoms with E-state index in [9.17, 15) is 0 Å². The number of benzene rings is 1. The van der Waals surface area contributed by atoms with E-state index in [2.05, 4.69) is 46.8 Å². The van der Waals surface area contributed by atoms with E-state index in [-0.39, 0.29) is 0 Å². The molecule has 1 saturated heterocycles. The van der Waals surface area contributed by atoms with Crippen LogP contribution >= 0.6 is 11.3 Å². The zero-order valence-corrected chi connectivity index (χ0v) is 16.8. The molecule has 0 aliphatic carbocycles. The Bertz CT molecular complexity index is 872. The number of aromatic nitrogens is 1. The molecule has 4 nitrogen and oxygen atoms in total. The van der Waals surface area contributed by atoms with Crippen molar-refractivity contribution in [1.82, 2.24) is 9.88 Å². The first kappa shape index (κ1) is 18.3. The number of rotatable bonds is 6. The van der Waals surface area contributed by atoms with Crippen molar-refractivity contribution in [2.75, 3.05) is 19.7 Å². The fourth-order valence-electron chi connectivity index (χ4n) is 3.65. The van der Waals surface area contributed by atoms with Crippen molar-refractivity contribution < 1.29 is 9.15 Å². The Labute approximate surface area is 164 Å². The number of ether oxygens (including phenoxy) is 1. The van der Waals surface area contributed by atoms with Gasteiger partial charge in [-0.3, -0.25) is 4.90 Å². The standard InChI is InChI=1S/C22H26N2O2S/c1-16-5-3-7-20(11-16)25-14-18-6-4-9-24(12-18)13-21-17(2)26-22(23-21)19-8-10-27-15-19/h3,5,7-8,10-11,15,18H,4,6,9,12-14H2,1-2H3. The van der Waals surface area contributed by atoms with Crippen LogP contribution in [0.15, 0.2) is 45.5 Å². The van der Waals surface area contributed by atoms with Gasteiger partial charge in [-0.15, -0.1) is 0 Å². The predicted octanol–water partition coefficient (Wildman–Crippen LogP) is 5.31. The van der Waals surface area contributed by atoms with Crippen LogP contribution in [-0.2, 0) is 6.54 Å². The highest BCUT2D eigenvalue weighted by Crippen LogP contribution is 2.26. The average Bonchev–Trinajstić information content (AvgIpc) is 3.31. The average molecular weight is 383 g/mol. The highest BCUT2D eigenvalue weighted by atomic mass is 32.1. The molecule has 3 aromatic rings. The van der Waals surface area contributed by atoms with Crippen molar-refractivity contribution in [1.29, 1.82) is 0 Å². The lowest BCUT2D eigenvalue weighted by Crippen LogP contribution is -2.37. The molecule has 5 heteroatoms. The zero-order valence-electron chi connectivity index (χ0n) is 16.0. The topological polar surface area (TPSA) is 38.5 Å². The third-order valence-electron chi connectivity index (χ3n) is 5.11. The molecule has 1 aliphatic heterocycles. The lowest BCUT2D eigenvalue weighted by Gasteiger charge is -2.32. The summed E-state index contributed by atoms with van der Waals surface area (Å²) in [5.74, 6) is 3.19. The lowest BCUT2D eigenvalue weighted by atomic mass is 9.99. The molecular formula is C22H26N2O2S. The summed E-state index contributed by atoms with van der Waals surface area (Å²) in [5, 5.41) is 4.13. The maximum atomic E-state index is 6.04. The molecule has 0 spiro atoms. The van der Waals surface area contributed by atoms with Crippen molar-refractivity contribution in [3.63, 3.8) is 0 Å². The first-order chi connectivity index (χ1) is 13.2. The quantitative estimate of drug-likeness (QED) is 0.579. The maximum Gasteiger partial charge on any atom is 0.227 e. The summed E-state index contributed by atoms with van der Waals surface area (Å²) in [6, 6.07) is 10.3. The maximum absolute atomic E-state index is 6.04. The zero-order chi connectivity index (χ0) is 18.6. The van der Waals surface area contributed by atoms with Crippen LogP contribution in [0.5, 0.6) is 5.75 Å². The highest BCUT2D eigenvalue weighted by molar-refractivity contribution is 7.08. The minimum absolute atomic E-state index is 0.558. The molecule has 0 bridgehead atoms. The van der Waals surface area contributed by atoms with Crippen molar-refractivity contribution in [3.05, 3.63) is 58.1 Å². The highest BCUT2D eigenvalue weighted by Gasteiger charge is 2.23. The van der Waals surface area contributed by atoms with Gasteiger partial charge >= 0.3 is 0 Å². The second kappa shape index (κ2) is 8.28. The van der Waals surface area contributed by atoms with Crippen molar-refractivity contribution in [2.45, 2.75) is 33.2 Å². The van der Waals surface area contributed by atoms with Gasteiger partial charge in [-0.05, 0) is 62.4 Å². The normalized spacial score (nSPS) is 17.9. The molecule has 0 radical (unpaired) electrons. The molecule has 0 N–H and O–H groups in total. The Kier molecular flexibility index (Phi) is 5.60. The lowest BCUT2D eigenvalue weighted by molar-refractivity contribution is 0.124. The van der Waals surface area contributed by atoms with E-state index in [1.807, 2.05) is 13.0 Å². The van der Waals surface area contributed by atoms with Gasteiger partial charge in [0.1, 0.15) is 11.5 Å². The van der Waals surface area contributed by atoms with Crippen LogP contribution in [0.2, 0.25) is 0 Å². The van der Waals surface area contributed by atoms with Gasteiger partial charge in [-0.25, -0.2) is 4.98 Å². The predicted molar refractivity (Wildman–Crippen MR) is 109 cm³/mol. The summed E-state index contributed by atoms with van der Waals surface area (Å²) in [4.78, 5) is 7.22. The Balaban J connectivity index is 1.35. The van der Waals surface area contributed by atoms with Crippen LogP contribution in [0.1, 0.15) is 29.9 Å². The number of thiophene rings is 1. The minimum atomic E-state index is 0.558. The fraction of sp³-hybridized carbons (Fsp3) is 0.409. The monoisotopic (exact) mass is 382 g/mol. The molecule has 142 valence electrons. The summed E-state index contributed by atoms with van der Waals surface area (Å²) in [5.41, 5.74) is 3.36. The van der Waals surface area contributed by atoms with E-state index < -0.39 is 0 Å². The largest absolute Gasteiger partial charge is 0.493 e. The SMILES string of the molecule is Cc1cccc(OCC2CCCN(Cc3nc(-c4ccsc4)oc3C)C2)c1. The van der Waals surface area contributed by atoms with E-state index in [4.69, 9.17) is 14.1 Å². The number of oxazole rings is 1. The molecule has 1 unspecified atom stereocenters. The number of hydrogen-bond donors (Lipinski definition) is 0. The van der Waals surface area contributed by atoms with Gasteiger partial charge in [0.25, 0.3) is 0 Å². The van der Waals surface area contributed by atoms with Crippen LogP contribution in [0.4, 0.5) is 0 Å². The number of piperidine rings is 1.